The van der Waals surface area contributed by atoms with Gasteiger partial charge in [0.2, 0.25) is 0 Å². The lowest BCUT2D eigenvalue weighted by atomic mass is 9.90. The van der Waals surface area contributed by atoms with Crippen molar-refractivity contribution in [2.75, 3.05) is 0 Å². The highest BCUT2D eigenvalue weighted by Crippen LogP contribution is 2.24. The molecule has 0 fully saturated rings. The van der Waals surface area contributed by atoms with E-state index in [-0.39, 0.29) is 0 Å². The minimum Gasteiger partial charge on any atom is -0.106 e. The van der Waals surface area contributed by atoms with E-state index in [1.165, 1.54) is 30.4 Å². The normalized spacial score (nSPS) is 13.5. The molecule has 0 N–H and O–H groups in total. The molecule has 0 spiro atoms. The van der Waals surface area contributed by atoms with Gasteiger partial charge in [-0.15, -0.1) is 13.2 Å². The quantitative estimate of drug-likeness (QED) is 0.242. The number of rotatable bonds is 12. The second-order valence-electron chi connectivity index (χ2n) is 6.94. The summed E-state index contributed by atoms with van der Waals surface area (Å²) in [7, 11) is 0. The van der Waals surface area contributed by atoms with Crippen LogP contribution in [0.4, 0.5) is 0 Å². The van der Waals surface area contributed by atoms with Gasteiger partial charge in [0, 0.05) is 0 Å². The van der Waals surface area contributed by atoms with E-state index < -0.39 is 0 Å². The molecule has 0 aromatic rings. The van der Waals surface area contributed by atoms with Crippen LogP contribution in [0, 0.1) is 11.8 Å². The predicted octanol–water partition coefficient (Wildman–Crippen LogP) is 8.78. The van der Waals surface area contributed by atoms with Gasteiger partial charge in [0.15, 0.2) is 0 Å². The summed E-state index contributed by atoms with van der Waals surface area (Å²) in [5.41, 5.74) is 5.48. The molecule has 0 nitrogen and oxygen atoms in total. The molecule has 0 aliphatic heterocycles. The third-order valence-electron chi connectivity index (χ3n) is 4.91. The van der Waals surface area contributed by atoms with Gasteiger partial charge in [0.1, 0.15) is 0 Å². The summed E-state index contributed by atoms with van der Waals surface area (Å²) in [6.45, 7) is 33.8. The minimum atomic E-state index is 0.511. The zero-order valence-electron chi connectivity index (χ0n) is 18.2. The summed E-state index contributed by atoms with van der Waals surface area (Å²) >= 11 is 0. The lowest BCUT2D eigenvalue weighted by Crippen LogP contribution is -2.01. The molecule has 0 aromatic heterocycles. The van der Waals surface area contributed by atoms with E-state index in [1.54, 1.807) is 0 Å². The Labute approximate surface area is 164 Å². The standard InChI is InChI=1S/C24H38.C2H4/c1-10-18(4)13-14-20(6)21(7)15-16-22(8)23(9)24(12-3)17-19(5)11-2;1-2/h15-18,20H,5,7-14H2,1-4,6H3;1-2H2/b16-15-,24-17-;. The van der Waals surface area contributed by atoms with Gasteiger partial charge in [-0.3, -0.25) is 0 Å². The van der Waals surface area contributed by atoms with Gasteiger partial charge in [-0.1, -0.05) is 103 Å². The molecule has 0 heteroatoms. The average molecular weight is 355 g/mol. The summed E-state index contributed by atoms with van der Waals surface area (Å²) < 4.78 is 0. The van der Waals surface area contributed by atoms with Gasteiger partial charge < -0.3 is 0 Å². The maximum Gasteiger partial charge on any atom is -0.0196 e. The van der Waals surface area contributed by atoms with Crippen LogP contribution < -0.4 is 0 Å². The molecule has 0 amide bonds. The first kappa shape index (κ1) is 26.4. The minimum absolute atomic E-state index is 0.511. The zero-order chi connectivity index (χ0) is 20.7. The third kappa shape index (κ3) is 10.9. The molecule has 26 heavy (non-hydrogen) atoms. The molecule has 0 rings (SSSR count). The molecule has 0 heterocycles. The van der Waals surface area contributed by atoms with Crippen molar-refractivity contribution < 1.29 is 0 Å². The van der Waals surface area contributed by atoms with Crippen LogP contribution in [0.3, 0.4) is 0 Å². The van der Waals surface area contributed by atoms with Crippen LogP contribution in [-0.4, -0.2) is 0 Å². The van der Waals surface area contributed by atoms with E-state index in [0.29, 0.717) is 5.92 Å². The van der Waals surface area contributed by atoms with E-state index in [1.807, 2.05) is 0 Å². The Hall–Kier alpha value is -1.82. The SMILES string of the molecule is C=C.C=C(/C=C(/CC)C(=C)C(=C)/C=C\C(=C)C(C)CCC(C)CC)CC. The summed E-state index contributed by atoms with van der Waals surface area (Å²) in [5, 5.41) is 0. The fourth-order valence-corrected chi connectivity index (χ4v) is 2.35. The van der Waals surface area contributed by atoms with Crippen LogP contribution in [0.15, 0.2) is 85.6 Å². The topological polar surface area (TPSA) is 0 Å². The van der Waals surface area contributed by atoms with Crippen molar-refractivity contribution >= 4 is 0 Å². The van der Waals surface area contributed by atoms with Gasteiger partial charge in [-0.05, 0) is 47.8 Å². The molecule has 0 radical (unpaired) electrons. The zero-order valence-corrected chi connectivity index (χ0v) is 18.2. The van der Waals surface area contributed by atoms with E-state index in [4.69, 9.17) is 0 Å². The maximum absolute atomic E-state index is 4.23. The molecule has 0 aliphatic rings. The summed E-state index contributed by atoms with van der Waals surface area (Å²) in [5.74, 6) is 1.31. The predicted molar refractivity (Wildman–Crippen MR) is 123 cm³/mol. The summed E-state index contributed by atoms with van der Waals surface area (Å²) in [6, 6.07) is 0. The first-order valence-electron chi connectivity index (χ1n) is 9.90. The van der Waals surface area contributed by atoms with E-state index in [0.717, 1.165) is 35.5 Å². The molecular formula is C26H42. The van der Waals surface area contributed by atoms with Gasteiger partial charge in [-0.25, -0.2) is 0 Å². The summed E-state index contributed by atoms with van der Waals surface area (Å²) in [4.78, 5) is 0. The van der Waals surface area contributed by atoms with Crippen LogP contribution in [0.1, 0.15) is 66.7 Å². The van der Waals surface area contributed by atoms with Crippen LogP contribution in [0.25, 0.3) is 0 Å². The maximum atomic E-state index is 4.23. The van der Waals surface area contributed by atoms with Crippen LogP contribution in [0.5, 0.6) is 0 Å². The molecular weight excluding hydrogens is 312 g/mol. The first-order valence-corrected chi connectivity index (χ1v) is 9.90. The molecule has 0 aromatic carbocycles. The highest BCUT2D eigenvalue weighted by atomic mass is 14.1. The van der Waals surface area contributed by atoms with Crippen molar-refractivity contribution in [1.82, 2.24) is 0 Å². The van der Waals surface area contributed by atoms with Crippen LogP contribution in [-0.2, 0) is 0 Å². The van der Waals surface area contributed by atoms with Crippen LogP contribution >= 0.6 is 0 Å². The fraction of sp³-hybridized carbons (Fsp3) is 0.462. The lowest BCUT2D eigenvalue weighted by Gasteiger charge is -2.15. The molecule has 2 atom stereocenters. The molecule has 2 unspecified atom stereocenters. The van der Waals surface area contributed by atoms with E-state index in [9.17, 15) is 0 Å². The van der Waals surface area contributed by atoms with E-state index in [2.05, 4.69) is 92.3 Å². The first-order chi connectivity index (χ1) is 12.3. The Morgan fingerprint density at radius 3 is 1.88 bits per heavy atom. The highest BCUT2D eigenvalue weighted by Gasteiger charge is 2.08. The van der Waals surface area contributed by atoms with Gasteiger partial charge in [0.05, 0.1) is 0 Å². The monoisotopic (exact) mass is 354 g/mol. The molecule has 146 valence electrons. The number of allylic oxidation sites excluding steroid dienone is 8. The lowest BCUT2D eigenvalue weighted by molar-refractivity contribution is 0.454. The smallest absolute Gasteiger partial charge is 0.0196 e. The molecule has 0 saturated carbocycles. The van der Waals surface area contributed by atoms with Crippen molar-refractivity contribution in [2.45, 2.75) is 66.7 Å². The van der Waals surface area contributed by atoms with Crippen molar-refractivity contribution in [3.63, 3.8) is 0 Å². The second kappa shape index (κ2) is 15.4. The number of hydrogen-bond donors (Lipinski definition) is 0. The average Bonchev–Trinajstić information content (AvgIpc) is 2.68. The Morgan fingerprint density at radius 1 is 0.846 bits per heavy atom. The molecule has 0 aliphatic carbocycles. The van der Waals surface area contributed by atoms with Crippen molar-refractivity contribution in [2.24, 2.45) is 11.8 Å². The number of hydrogen-bond acceptors (Lipinski definition) is 0. The Bertz CT molecular complexity index is 524. The van der Waals surface area contributed by atoms with Crippen molar-refractivity contribution in [3.8, 4) is 0 Å². The molecule has 0 saturated heterocycles. The Balaban J connectivity index is 0. The Morgan fingerprint density at radius 2 is 1.42 bits per heavy atom. The van der Waals surface area contributed by atoms with Crippen molar-refractivity contribution in [3.05, 3.63) is 85.6 Å². The van der Waals surface area contributed by atoms with E-state index >= 15 is 0 Å². The van der Waals surface area contributed by atoms with Gasteiger partial charge in [-0.2, -0.15) is 0 Å². The highest BCUT2D eigenvalue weighted by molar-refractivity contribution is 5.51. The third-order valence-corrected chi connectivity index (χ3v) is 4.91. The second-order valence-corrected chi connectivity index (χ2v) is 6.94. The van der Waals surface area contributed by atoms with Gasteiger partial charge in [0.25, 0.3) is 0 Å². The molecule has 0 bridgehead atoms. The van der Waals surface area contributed by atoms with Gasteiger partial charge >= 0.3 is 0 Å². The fourth-order valence-electron chi connectivity index (χ4n) is 2.35. The van der Waals surface area contributed by atoms with Crippen molar-refractivity contribution in [1.29, 1.82) is 0 Å². The largest absolute Gasteiger partial charge is 0.106 e. The Kier molecular flexibility index (Phi) is 15.7. The van der Waals surface area contributed by atoms with Crippen LogP contribution in [0.2, 0.25) is 0 Å². The summed E-state index contributed by atoms with van der Waals surface area (Å²) in [6.07, 6.45) is 11.9.